The average molecular weight is 620 g/mol. The van der Waals surface area contributed by atoms with Gasteiger partial charge in [0.15, 0.2) is 5.75 Å². The topological polar surface area (TPSA) is 51.1 Å². The van der Waals surface area contributed by atoms with E-state index in [1.54, 1.807) is 12.1 Å². The van der Waals surface area contributed by atoms with Crippen LogP contribution < -0.4 is 9.64 Å². The maximum Gasteiger partial charge on any atom is 0.573 e. The van der Waals surface area contributed by atoms with Crippen LogP contribution in [0, 0.1) is 11.6 Å². The van der Waals surface area contributed by atoms with E-state index in [1.165, 1.54) is 48.5 Å². The van der Waals surface area contributed by atoms with Gasteiger partial charge in [-0.1, -0.05) is 48.5 Å². The summed E-state index contributed by atoms with van der Waals surface area (Å²) in [5.74, 6) is -3.47. The summed E-state index contributed by atoms with van der Waals surface area (Å²) in [6.07, 6.45) is -10.9. The number of halogens is 8. The molecule has 1 unspecified atom stereocenters. The molecule has 0 spiro atoms. The van der Waals surface area contributed by atoms with E-state index in [1.807, 2.05) is 0 Å². The van der Waals surface area contributed by atoms with Crippen LogP contribution in [-0.4, -0.2) is 25.3 Å². The molecule has 0 radical (unpaired) electrons. The first kappa shape index (κ1) is 30.5. The minimum Gasteiger partial charge on any atom is -0.469 e. The lowest BCUT2D eigenvalue weighted by atomic mass is 9.94. The summed E-state index contributed by atoms with van der Waals surface area (Å²) in [7, 11) is 1.05. The largest absolute Gasteiger partial charge is 0.573 e. The zero-order chi connectivity index (χ0) is 31.8. The maximum atomic E-state index is 15.1. The van der Waals surface area contributed by atoms with Crippen LogP contribution in [0.4, 0.5) is 46.5 Å². The maximum absolute atomic E-state index is 15.1. The number of methoxy groups -OCH3 is 1. The van der Waals surface area contributed by atoms with Crippen molar-refractivity contribution in [1.82, 2.24) is 0 Å². The van der Waals surface area contributed by atoms with E-state index in [0.29, 0.717) is 29.3 Å². The van der Waals surface area contributed by atoms with Gasteiger partial charge in [0.05, 0.1) is 30.8 Å². The number of fused-ring (bicyclic) bond motifs is 1. The Bertz CT molecular complexity index is 1720. The first-order valence-corrected chi connectivity index (χ1v) is 12.8. The number of para-hydroxylation sites is 1. The molecule has 0 bridgehead atoms. The van der Waals surface area contributed by atoms with Crippen LogP contribution in [0.5, 0.6) is 5.75 Å². The van der Waals surface area contributed by atoms with E-state index < -0.39 is 59.6 Å². The molecule has 0 fully saturated rings. The lowest BCUT2D eigenvalue weighted by molar-refractivity contribution is -0.274. The van der Waals surface area contributed by atoms with Gasteiger partial charge in [0.25, 0.3) is 0 Å². The number of rotatable bonds is 6. The van der Waals surface area contributed by atoms with Gasteiger partial charge in [0.1, 0.15) is 23.2 Å². The van der Waals surface area contributed by atoms with Crippen molar-refractivity contribution < 1.29 is 49.4 Å². The second kappa shape index (κ2) is 11.6. The molecule has 1 aliphatic heterocycles. The molecule has 0 aromatic heterocycles. The molecule has 0 N–H and O–H groups in total. The van der Waals surface area contributed by atoms with Gasteiger partial charge in [-0.3, -0.25) is 4.79 Å². The van der Waals surface area contributed by atoms with Crippen molar-refractivity contribution in [3.8, 4) is 16.9 Å². The molecule has 4 aromatic carbocycles. The Morgan fingerprint density at radius 3 is 2.05 bits per heavy atom. The third kappa shape index (κ3) is 6.36. The second-order valence-corrected chi connectivity index (χ2v) is 9.59. The number of benzene rings is 4. The van der Waals surface area contributed by atoms with Gasteiger partial charge >= 0.3 is 18.5 Å². The molecular weight excluding hydrogens is 600 g/mol. The van der Waals surface area contributed by atoms with Crippen LogP contribution >= 0.6 is 0 Å². The van der Waals surface area contributed by atoms with Crippen LogP contribution in [0.3, 0.4) is 0 Å². The number of anilines is 1. The van der Waals surface area contributed by atoms with Crippen molar-refractivity contribution in [3.05, 3.63) is 113 Å². The number of amidine groups is 1. The minimum absolute atomic E-state index is 0.0115. The molecule has 228 valence electrons. The summed E-state index contributed by atoms with van der Waals surface area (Å²) in [6.45, 7) is 0. The highest BCUT2D eigenvalue weighted by molar-refractivity contribution is 6.14. The number of hydrogen-bond donors (Lipinski definition) is 0. The van der Waals surface area contributed by atoms with Gasteiger partial charge < -0.3 is 14.4 Å². The number of carbonyl (C=O) groups excluding carboxylic acids is 1. The van der Waals surface area contributed by atoms with E-state index >= 15 is 4.39 Å². The number of ether oxygens (including phenoxy) is 2. The molecule has 5 rings (SSSR count). The van der Waals surface area contributed by atoms with Crippen LogP contribution in [0.2, 0.25) is 0 Å². The fourth-order valence-electron chi connectivity index (χ4n) is 4.84. The molecule has 0 aliphatic carbocycles. The molecule has 0 amide bonds. The van der Waals surface area contributed by atoms with E-state index in [4.69, 9.17) is 4.74 Å². The van der Waals surface area contributed by atoms with E-state index in [2.05, 4.69) is 9.73 Å². The van der Waals surface area contributed by atoms with Crippen molar-refractivity contribution in [2.45, 2.75) is 25.0 Å². The highest BCUT2D eigenvalue weighted by atomic mass is 19.4. The summed E-state index contributed by atoms with van der Waals surface area (Å²) in [4.78, 5) is 17.9. The van der Waals surface area contributed by atoms with Gasteiger partial charge in [-0.25, -0.2) is 13.8 Å². The molecule has 1 atom stereocenters. The Balaban J connectivity index is 1.76. The van der Waals surface area contributed by atoms with Gasteiger partial charge in [0.2, 0.25) is 0 Å². The molecule has 5 nitrogen and oxygen atoms in total. The van der Waals surface area contributed by atoms with E-state index in [9.17, 15) is 35.5 Å². The normalized spacial score (nSPS) is 15.0. The zero-order valence-corrected chi connectivity index (χ0v) is 22.5. The van der Waals surface area contributed by atoms with E-state index in [-0.39, 0.29) is 22.6 Å². The quantitative estimate of drug-likeness (QED) is 0.160. The third-order valence-electron chi connectivity index (χ3n) is 6.81. The first-order valence-electron chi connectivity index (χ1n) is 12.8. The highest BCUT2D eigenvalue weighted by Crippen LogP contribution is 2.47. The first-order chi connectivity index (χ1) is 20.7. The average Bonchev–Trinajstić information content (AvgIpc) is 2.97. The summed E-state index contributed by atoms with van der Waals surface area (Å²) in [5.41, 5.74) is -0.946. The smallest absolute Gasteiger partial charge is 0.469 e. The Hall–Kier alpha value is -4.94. The molecule has 0 saturated carbocycles. The molecule has 0 saturated heterocycles. The van der Waals surface area contributed by atoms with Crippen molar-refractivity contribution in [1.29, 1.82) is 0 Å². The van der Waals surface area contributed by atoms with Gasteiger partial charge in [-0.2, -0.15) is 13.2 Å². The number of nitrogens with zero attached hydrogens (tertiary/aromatic N) is 2. The summed E-state index contributed by atoms with van der Waals surface area (Å²) < 4.78 is 119. The Labute approximate surface area is 245 Å². The number of aliphatic imine (C=N–C) groups is 1. The number of esters is 1. The number of alkyl halides is 6. The predicted molar refractivity (Wildman–Crippen MR) is 144 cm³/mol. The fraction of sp³-hybridized carbons (Fsp3) is 0.161. The second-order valence-electron chi connectivity index (χ2n) is 9.59. The van der Waals surface area contributed by atoms with Gasteiger partial charge in [-0.15, -0.1) is 13.2 Å². The van der Waals surface area contributed by atoms with Gasteiger partial charge in [-0.05, 0) is 47.5 Å². The third-order valence-corrected chi connectivity index (χ3v) is 6.81. The van der Waals surface area contributed by atoms with Crippen molar-refractivity contribution in [2.75, 3.05) is 12.0 Å². The highest BCUT2D eigenvalue weighted by Gasteiger charge is 2.41. The lowest BCUT2D eigenvalue weighted by Crippen LogP contribution is -2.40. The standard InChI is InChI=1S/C31H20F8N2O3/c1-43-27(42)16-24-22-3-2-4-23(33)28(22)40-29(19-7-5-17(6-8-19)18-9-12-21(32)13-10-18)41(24)25-15-20(30(34,35)36)11-14-26(25)44-31(37,38)39/h2-15,24H,16H2,1H3. The van der Waals surface area contributed by atoms with Crippen LogP contribution in [-0.2, 0) is 15.7 Å². The number of hydrogen-bond acceptors (Lipinski definition) is 5. The molecule has 44 heavy (non-hydrogen) atoms. The Morgan fingerprint density at radius 2 is 1.45 bits per heavy atom. The Kier molecular flexibility index (Phi) is 8.06. The van der Waals surface area contributed by atoms with E-state index in [0.717, 1.165) is 18.1 Å². The molecule has 1 aliphatic rings. The summed E-state index contributed by atoms with van der Waals surface area (Å²) >= 11 is 0. The SMILES string of the molecule is COC(=O)CC1c2cccc(F)c2N=C(c2ccc(-c3ccc(F)cc3)cc2)N1c1cc(C(F)(F)F)ccc1OC(F)(F)F. The summed E-state index contributed by atoms with van der Waals surface area (Å²) in [6, 6.07) is 15.3. The van der Waals surface area contributed by atoms with Crippen molar-refractivity contribution >= 4 is 23.2 Å². The van der Waals surface area contributed by atoms with Crippen LogP contribution in [0.25, 0.3) is 11.1 Å². The van der Waals surface area contributed by atoms with Crippen LogP contribution in [0.15, 0.2) is 89.9 Å². The molecule has 1 heterocycles. The van der Waals surface area contributed by atoms with Gasteiger partial charge in [0, 0.05) is 11.1 Å². The molecule has 4 aromatic rings. The van der Waals surface area contributed by atoms with Crippen molar-refractivity contribution in [3.63, 3.8) is 0 Å². The monoisotopic (exact) mass is 620 g/mol. The number of carbonyl (C=O) groups is 1. The predicted octanol–water partition coefficient (Wildman–Crippen LogP) is 8.75. The lowest BCUT2D eigenvalue weighted by Gasteiger charge is -2.39. The fourth-order valence-corrected chi connectivity index (χ4v) is 4.84. The Morgan fingerprint density at radius 1 is 0.841 bits per heavy atom. The zero-order valence-electron chi connectivity index (χ0n) is 22.5. The van der Waals surface area contributed by atoms with Crippen molar-refractivity contribution in [2.24, 2.45) is 4.99 Å². The summed E-state index contributed by atoms with van der Waals surface area (Å²) in [5, 5.41) is 0. The molecular formula is C31H20F8N2O3. The van der Waals surface area contributed by atoms with Crippen LogP contribution in [0.1, 0.15) is 29.2 Å². The minimum atomic E-state index is -5.31. The molecule has 13 heteroatoms.